The average Bonchev–Trinajstić information content (AvgIpc) is 3.07. The molecule has 0 aliphatic heterocycles. The van der Waals surface area contributed by atoms with E-state index in [1.807, 2.05) is 0 Å². The third-order valence-corrected chi connectivity index (χ3v) is 5.34. The maximum absolute atomic E-state index is 11.8. The molecule has 0 spiro atoms. The van der Waals surface area contributed by atoms with Crippen LogP contribution < -0.4 is 5.32 Å². The quantitative estimate of drug-likeness (QED) is 0.0764. The molecule has 0 radical (unpaired) electrons. The van der Waals surface area contributed by atoms with Crippen molar-refractivity contribution in [2.75, 3.05) is 185 Å². The Morgan fingerprint density at radius 2 is 0.625 bits per heavy atom. The lowest BCUT2D eigenvalue weighted by atomic mass is 10.6. The number of ether oxygens (including phenoxy) is 13. The van der Waals surface area contributed by atoms with Gasteiger partial charge in [0.25, 0.3) is 0 Å². The van der Waals surface area contributed by atoms with Crippen molar-refractivity contribution in [2.24, 2.45) is 0 Å². The standard InChI is InChI=1S/C30H58FNO16/c31-1-3-36-5-7-38-9-11-40-13-15-42-17-19-44-21-23-46-25-26-47-24-22-45-20-18-43-16-14-41-12-10-39-8-6-37-4-2-32-29(33)27-48-28-30(34)35/h1-28H2,(H,32,33)(H,34,35). The van der Waals surface area contributed by atoms with Gasteiger partial charge in [0, 0.05) is 6.54 Å². The van der Waals surface area contributed by atoms with E-state index in [0.717, 1.165) is 0 Å². The molecule has 0 unspecified atom stereocenters. The minimum Gasteiger partial charge on any atom is -0.480 e. The highest BCUT2D eigenvalue weighted by atomic mass is 19.1. The van der Waals surface area contributed by atoms with Gasteiger partial charge in [-0.15, -0.1) is 0 Å². The highest BCUT2D eigenvalue weighted by Gasteiger charge is 2.03. The second kappa shape index (κ2) is 41.5. The third kappa shape index (κ3) is 42.4. The number of nitrogens with one attached hydrogen (secondary N) is 1. The van der Waals surface area contributed by atoms with Crippen LogP contribution in [0.25, 0.3) is 0 Å². The van der Waals surface area contributed by atoms with Crippen LogP contribution in [0.5, 0.6) is 0 Å². The number of aliphatic carboxylic acids is 1. The Hall–Kier alpha value is -1.65. The number of hydrogen-bond acceptors (Lipinski definition) is 15. The van der Waals surface area contributed by atoms with E-state index in [1.54, 1.807) is 0 Å². The summed E-state index contributed by atoms with van der Waals surface area (Å²) < 4.78 is 80.9. The molecule has 0 aromatic carbocycles. The van der Waals surface area contributed by atoms with Crippen molar-refractivity contribution in [1.82, 2.24) is 5.32 Å². The van der Waals surface area contributed by atoms with E-state index in [9.17, 15) is 14.0 Å². The van der Waals surface area contributed by atoms with E-state index in [2.05, 4.69) is 10.1 Å². The molecule has 2 N–H and O–H groups in total. The van der Waals surface area contributed by atoms with Crippen LogP contribution in [0.2, 0.25) is 0 Å². The average molecular weight is 708 g/mol. The molecule has 18 heteroatoms. The lowest BCUT2D eigenvalue weighted by Crippen LogP contribution is -2.31. The summed E-state index contributed by atoms with van der Waals surface area (Å²) in [5, 5.41) is 11.0. The van der Waals surface area contributed by atoms with Gasteiger partial charge < -0.3 is 72.0 Å². The molecule has 1 amide bonds. The van der Waals surface area contributed by atoms with Gasteiger partial charge in [0.1, 0.15) is 19.9 Å². The van der Waals surface area contributed by atoms with Crippen molar-refractivity contribution >= 4 is 11.9 Å². The monoisotopic (exact) mass is 707 g/mol. The molecule has 0 bridgehead atoms. The van der Waals surface area contributed by atoms with E-state index in [4.69, 9.17) is 61.9 Å². The highest BCUT2D eigenvalue weighted by Crippen LogP contribution is 1.87. The first kappa shape index (κ1) is 46.4. The summed E-state index contributed by atoms with van der Waals surface area (Å²) in [6.45, 7) is 9.40. The summed E-state index contributed by atoms with van der Waals surface area (Å²) in [5.41, 5.74) is 0. The molecule has 0 saturated carbocycles. The minimum atomic E-state index is -1.13. The van der Waals surface area contributed by atoms with E-state index in [0.29, 0.717) is 159 Å². The number of carboxylic acid groups (broad SMARTS) is 1. The van der Waals surface area contributed by atoms with Crippen molar-refractivity contribution < 1.29 is 80.7 Å². The Bertz CT molecular complexity index is 670. The number of rotatable bonds is 42. The van der Waals surface area contributed by atoms with Crippen molar-refractivity contribution in [2.45, 2.75) is 0 Å². The van der Waals surface area contributed by atoms with Crippen LogP contribution in [0, 0.1) is 0 Å². The molecule has 48 heavy (non-hydrogen) atoms. The van der Waals surface area contributed by atoms with Crippen LogP contribution in [0.1, 0.15) is 0 Å². The fraction of sp³-hybridized carbons (Fsp3) is 0.933. The smallest absolute Gasteiger partial charge is 0.329 e. The molecular formula is C30H58FNO16. The van der Waals surface area contributed by atoms with E-state index < -0.39 is 25.2 Å². The number of carbonyl (C=O) groups excluding carboxylic acids is 1. The Morgan fingerprint density at radius 3 is 0.875 bits per heavy atom. The molecule has 0 aromatic heterocycles. The van der Waals surface area contributed by atoms with Gasteiger partial charge in [-0.25, -0.2) is 9.18 Å². The first-order valence-electron chi connectivity index (χ1n) is 16.2. The predicted molar refractivity (Wildman–Crippen MR) is 167 cm³/mol. The molecule has 0 aliphatic rings. The van der Waals surface area contributed by atoms with Crippen molar-refractivity contribution in [1.29, 1.82) is 0 Å². The fourth-order valence-electron chi connectivity index (χ4n) is 3.12. The maximum Gasteiger partial charge on any atom is 0.329 e. The van der Waals surface area contributed by atoms with E-state index in [-0.39, 0.29) is 13.2 Å². The van der Waals surface area contributed by atoms with Gasteiger partial charge in [0.15, 0.2) is 0 Å². The Balaban J connectivity index is 3.08. The van der Waals surface area contributed by atoms with Crippen LogP contribution in [-0.2, 0) is 71.2 Å². The van der Waals surface area contributed by atoms with Crippen LogP contribution in [0.3, 0.4) is 0 Å². The first-order chi connectivity index (χ1) is 23.7. The highest BCUT2D eigenvalue weighted by molar-refractivity contribution is 5.77. The summed E-state index contributed by atoms with van der Waals surface area (Å²) in [6, 6.07) is 0. The van der Waals surface area contributed by atoms with Gasteiger partial charge in [0.2, 0.25) is 5.91 Å². The molecule has 17 nitrogen and oxygen atoms in total. The van der Waals surface area contributed by atoms with Crippen molar-refractivity contribution in [3.63, 3.8) is 0 Å². The minimum absolute atomic E-state index is 0.104. The zero-order valence-electron chi connectivity index (χ0n) is 28.2. The molecular weight excluding hydrogens is 649 g/mol. The first-order valence-corrected chi connectivity index (χ1v) is 16.2. The molecule has 286 valence electrons. The zero-order chi connectivity index (χ0) is 34.9. The number of alkyl halides is 1. The van der Waals surface area contributed by atoms with E-state index >= 15 is 0 Å². The number of carboxylic acids is 1. The molecule has 0 rings (SSSR count). The lowest BCUT2D eigenvalue weighted by molar-refractivity contribution is -0.143. The van der Waals surface area contributed by atoms with Crippen LogP contribution in [0.15, 0.2) is 0 Å². The third-order valence-electron chi connectivity index (χ3n) is 5.34. The van der Waals surface area contributed by atoms with Gasteiger partial charge in [-0.3, -0.25) is 4.79 Å². The number of hydrogen-bond donors (Lipinski definition) is 2. The summed E-state index contributed by atoms with van der Waals surface area (Å²) in [4.78, 5) is 21.6. The number of halogens is 1. The van der Waals surface area contributed by atoms with Gasteiger partial charge in [-0.2, -0.15) is 0 Å². The number of amides is 1. The fourth-order valence-corrected chi connectivity index (χ4v) is 3.12. The summed E-state index contributed by atoms with van der Waals surface area (Å²) in [6.07, 6.45) is 0. The summed E-state index contributed by atoms with van der Waals surface area (Å²) in [7, 11) is 0. The molecule has 0 fully saturated rings. The lowest BCUT2D eigenvalue weighted by Gasteiger charge is -2.09. The second-order valence-corrected chi connectivity index (χ2v) is 9.27. The van der Waals surface area contributed by atoms with E-state index in [1.165, 1.54) is 0 Å². The normalized spacial score (nSPS) is 11.4. The van der Waals surface area contributed by atoms with Gasteiger partial charge in [-0.1, -0.05) is 0 Å². The van der Waals surface area contributed by atoms with Crippen LogP contribution in [0.4, 0.5) is 4.39 Å². The number of carbonyl (C=O) groups is 2. The molecule has 0 aromatic rings. The van der Waals surface area contributed by atoms with Gasteiger partial charge in [-0.05, 0) is 0 Å². The predicted octanol–water partition coefficient (Wildman–Crippen LogP) is -0.627. The Labute approximate surface area is 283 Å². The topological polar surface area (TPSA) is 186 Å². The largest absolute Gasteiger partial charge is 0.480 e. The van der Waals surface area contributed by atoms with Gasteiger partial charge >= 0.3 is 5.97 Å². The van der Waals surface area contributed by atoms with Crippen molar-refractivity contribution in [3.8, 4) is 0 Å². The maximum atomic E-state index is 11.8. The Morgan fingerprint density at radius 1 is 0.375 bits per heavy atom. The zero-order valence-corrected chi connectivity index (χ0v) is 28.2. The second-order valence-electron chi connectivity index (χ2n) is 9.27. The van der Waals surface area contributed by atoms with Crippen LogP contribution >= 0.6 is 0 Å². The molecule has 0 aliphatic carbocycles. The summed E-state index contributed by atoms with van der Waals surface area (Å²) in [5.74, 6) is -1.53. The van der Waals surface area contributed by atoms with Crippen molar-refractivity contribution in [3.05, 3.63) is 0 Å². The SMILES string of the molecule is O=C(O)COCC(=O)NCCOCCOCCOCCOCCOCCOCCOCCOCCOCCOCCOCCOCCF. The van der Waals surface area contributed by atoms with Crippen LogP contribution in [-0.4, -0.2) is 202 Å². The molecule has 0 heterocycles. The Kier molecular flexibility index (Phi) is 40.1. The summed E-state index contributed by atoms with van der Waals surface area (Å²) >= 11 is 0. The molecule has 0 saturated heterocycles. The molecule has 0 atom stereocenters. The van der Waals surface area contributed by atoms with Gasteiger partial charge in [0.05, 0.1) is 159 Å².